The van der Waals surface area contributed by atoms with Crippen LogP contribution in [0.4, 0.5) is 0 Å². The average Bonchev–Trinajstić information content (AvgIpc) is 3.11. The molecule has 0 unspecified atom stereocenters. The summed E-state index contributed by atoms with van der Waals surface area (Å²) in [6.07, 6.45) is 6.49. The third kappa shape index (κ3) is 6.45. The second-order valence-electron chi connectivity index (χ2n) is 12.5. The summed E-state index contributed by atoms with van der Waals surface area (Å²) in [4.78, 5) is 62.8. The van der Waals surface area contributed by atoms with E-state index in [0.717, 1.165) is 35.8 Å². The molecule has 0 saturated heterocycles. The molecular weight excluding hydrogens is 624 g/mol. The summed E-state index contributed by atoms with van der Waals surface area (Å²) in [7, 11) is 0. The molecule has 0 aromatic heterocycles. The van der Waals surface area contributed by atoms with Gasteiger partial charge in [-0.05, 0) is 80.6 Å². The molecular formula is C38H38N4O7. The fourth-order valence-electron chi connectivity index (χ4n) is 6.49. The molecule has 252 valence electrons. The van der Waals surface area contributed by atoms with Crippen LogP contribution >= 0.6 is 0 Å². The summed E-state index contributed by atoms with van der Waals surface area (Å²) in [6, 6.07) is 15.5. The fourth-order valence-corrected chi connectivity index (χ4v) is 6.49. The molecule has 1 aliphatic carbocycles. The van der Waals surface area contributed by atoms with Crippen LogP contribution in [0.15, 0.2) is 64.2 Å². The number of unbranched alkanes of at least 4 members (excludes halogenated alkanes) is 3. The lowest BCUT2D eigenvalue weighted by atomic mass is 9.84. The van der Waals surface area contributed by atoms with Gasteiger partial charge in [-0.15, -0.1) is 0 Å². The molecule has 14 rings (SSSR count). The predicted octanol–water partition coefficient (Wildman–Crippen LogP) is 5.82. The molecule has 49 heavy (non-hydrogen) atoms. The molecule has 0 atom stereocenters. The van der Waals surface area contributed by atoms with Crippen LogP contribution in [0, 0.1) is 0 Å². The lowest BCUT2D eigenvalue weighted by Gasteiger charge is -2.19. The Hall–Kier alpha value is -5.32. The number of nitrogens with zero attached hydrogens (tertiary/aromatic N) is 4. The summed E-state index contributed by atoms with van der Waals surface area (Å²) < 4.78 is 21.1. The van der Waals surface area contributed by atoms with E-state index in [1.54, 1.807) is 36.4 Å². The van der Waals surface area contributed by atoms with Gasteiger partial charge in [-0.1, -0.05) is 26.2 Å². The highest BCUT2D eigenvalue weighted by Gasteiger charge is 2.30. The summed E-state index contributed by atoms with van der Waals surface area (Å²) in [5, 5.41) is 0. The molecule has 10 heterocycles. The van der Waals surface area contributed by atoms with Crippen LogP contribution in [0.25, 0.3) is 22.6 Å². The molecule has 0 saturated carbocycles. The Bertz CT molecular complexity index is 2150. The molecule has 12 bridgehead atoms. The van der Waals surface area contributed by atoms with Gasteiger partial charge in [-0.25, -0.2) is 9.78 Å². The van der Waals surface area contributed by atoms with Crippen molar-refractivity contribution in [2.75, 3.05) is 19.8 Å². The number of carbonyl (C=O) groups is 2. The van der Waals surface area contributed by atoms with Gasteiger partial charge in [0.05, 0.1) is 30.9 Å². The highest BCUT2D eigenvalue weighted by molar-refractivity contribution is 6.28. The number of ether oxygens (including phenoxy) is 3. The van der Waals surface area contributed by atoms with Gasteiger partial charge >= 0.3 is 5.69 Å². The SMILES string of the molecule is CCCCCCn1c2nc(=O)n3c(=O)c-2nc2ccc(cc21)OCCCCOc1ccc2c(c1)C(=O)c1ccc(cc1C2=O)OCCCC3. The normalized spacial score (nSPS) is 15.1. The largest absolute Gasteiger partial charge is 0.494 e. The van der Waals surface area contributed by atoms with E-state index in [4.69, 9.17) is 19.2 Å². The van der Waals surface area contributed by atoms with Crippen molar-refractivity contribution < 1.29 is 23.8 Å². The van der Waals surface area contributed by atoms with E-state index < -0.39 is 11.2 Å². The molecule has 3 aromatic rings. The van der Waals surface area contributed by atoms with Crippen molar-refractivity contribution in [2.45, 2.75) is 71.4 Å². The highest BCUT2D eigenvalue weighted by Crippen LogP contribution is 2.32. The minimum atomic E-state index is -0.612. The molecule has 11 nitrogen and oxygen atoms in total. The van der Waals surface area contributed by atoms with Crippen molar-refractivity contribution in [2.24, 2.45) is 0 Å². The second-order valence-corrected chi connectivity index (χ2v) is 12.5. The van der Waals surface area contributed by atoms with Crippen LogP contribution in [-0.2, 0) is 13.1 Å². The Labute approximate surface area is 282 Å². The first-order chi connectivity index (χ1) is 23.9. The molecule has 0 N–H and O–H groups in total. The molecule has 10 aliphatic heterocycles. The second kappa shape index (κ2) is 14.0. The Balaban J connectivity index is 1.21. The molecule has 3 aromatic carbocycles. The summed E-state index contributed by atoms with van der Waals surface area (Å²) in [5.41, 5.74) is 1.74. The van der Waals surface area contributed by atoms with Crippen LogP contribution in [-0.4, -0.2) is 50.5 Å². The minimum Gasteiger partial charge on any atom is -0.494 e. The van der Waals surface area contributed by atoms with Crippen LogP contribution < -0.4 is 25.5 Å². The van der Waals surface area contributed by atoms with Crippen molar-refractivity contribution in [3.63, 3.8) is 0 Å². The number of aromatic nitrogens is 4. The number of carbonyl (C=O) groups excluding carboxylic acids is 2. The molecule has 11 heteroatoms. The zero-order chi connectivity index (χ0) is 33.9. The lowest BCUT2D eigenvalue weighted by molar-refractivity contribution is 0.0978. The van der Waals surface area contributed by atoms with Gasteiger partial charge in [0.1, 0.15) is 17.2 Å². The van der Waals surface area contributed by atoms with E-state index in [0.29, 0.717) is 90.5 Å². The standard InChI is InChI=1S/C38H38N4O7/c1-2-3-4-5-16-41-32-23-26-12-15-31(32)39-33-36(41)40-38(46)42(37(33)45)17-6-7-18-47-24-10-13-27-29(21-24)34(43)28-14-11-25(22-30(28)35(27)44)48-19-8-9-20-49-26/h10-15,21-23H,2-9,16-20H2,1H3. The number of benzene rings is 3. The molecule has 0 amide bonds. The van der Waals surface area contributed by atoms with Gasteiger partial charge in [0.25, 0.3) is 5.56 Å². The zero-order valence-electron chi connectivity index (χ0n) is 27.5. The van der Waals surface area contributed by atoms with Gasteiger partial charge in [0.2, 0.25) is 0 Å². The van der Waals surface area contributed by atoms with Crippen molar-refractivity contribution in [3.05, 3.63) is 97.7 Å². The average molecular weight is 663 g/mol. The number of ketones is 2. The van der Waals surface area contributed by atoms with Gasteiger partial charge in [0, 0.05) is 41.4 Å². The Morgan fingerprint density at radius 2 is 1.24 bits per heavy atom. The van der Waals surface area contributed by atoms with Gasteiger partial charge in [-0.2, -0.15) is 4.98 Å². The van der Waals surface area contributed by atoms with Gasteiger partial charge in [-0.3, -0.25) is 19.0 Å². The number of rotatable bonds is 5. The van der Waals surface area contributed by atoms with Crippen LogP contribution in [0.5, 0.6) is 17.2 Å². The minimum absolute atomic E-state index is 0.159. The van der Waals surface area contributed by atoms with E-state index >= 15 is 0 Å². The van der Waals surface area contributed by atoms with Crippen molar-refractivity contribution in [1.29, 1.82) is 0 Å². The first-order valence-electron chi connectivity index (χ1n) is 17.1. The van der Waals surface area contributed by atoms with Gasteiger partial charge in [0.15, 0.2) is 23.1 Å². The summed E-state index contributed by atoms with van der Waals surface area (Å²) in [6.45, 7) is 4.04. The van der Waals surface area contributed by atoms with Crippen LogP contribution in [0.3, 0.4) is 0 Å². The first-order valence-corrected chi connectivity index (χ1v) is 17.1. The van der Waals surface area contributed by atoms with E-state index in [1.807, 2.05) is 22.8 Å². The van der Waals surface area contributed by atoms with Crippen molar-refractivity contribution in [3.8, 4) is 28.8 Å². The Morgan fingerprint density at radius 3 is 1.88 bits per heavy atom. The third-order valence-electron chi connectivity index (χ3n) is 9.13. The monoisotopic (exact) mass is 662 g/mol. The number of hydrogen-bond acceptors (Lipinski definition) is 9. The maximum atomic E-state index is 13.7. The smallest absolute Gasteiger partial charge is 0.352 e. The van der Waals surface area contributed by atoms with E-state index in [1.165, 1.54) is 0 Å². The first kappa shape index (κ1) is 32.2. The molecule has 11 aliphatic rings. The van der Waals surface area contributed by atoms with E-state index in [2.05, 4.69) is 11.9 Å². The maximum Gasteiger partial charge on any atom is 0.352 e. The van der Waals surface area contributed by atoms with E-state index in [-0.39, 0.29) is 36.2 Å². The number of aryl methyl sites for hydroxylation is 1. The van der Waals surface area contributed by atoms with E-state index in [9.17, 15) is 19.2 Å². The highest BCUT2D eigenvalue weighted by atomic mass is 16.5. The third-order valence-corrected chi connectivity index (χ3v) is 9.13. The predicted molar refractivity (Wildman–Crippen MR) is 184 cm³/mol. The maximum absolute atomic E-state index is 13.7. The van der Waals surface area contributed by atoms with Gasteiger partial charge < -0.3 is 18.8 Å². The topological polar surface area (TPSA) is 132 Å². The van der Waals surface area contributed by atoms with Crippen molar-refractivity contribution in [1.82, 2.24) is 19.1 Å². The Morgan fingerprint density at radius 1 is 0.653 bits per heavy atom. The zero-order valence-corrected chi connectivity index (χ0v) is 27.5. The quantitative estimate of drug-likeness (QED) is 0.165. The number of hydrogen-bond donors (Lipinski definition) is 0. The molecule has 0 fully saturated rings. The lowest BCUT2D eigenvalue weighted by Crippen LogP contribution is -2.38. The summed E-state index contributed by atoms with van der Waals surface area (Å²) in [5.74, 6) is 1.44. The van der Waals surface area contributed by atoms with Crippen molar-refractivity contribution >= 4 is 22.6 Å². The molecule has 0 radical (unpaired) electrons. The molecule has 0 spiro atoms. The fraction of sp³-hybridized carbons (Fsp3) is 0.368. The Kier molecular flexibility index (Phi) is 9.23. The summed E-state index contributed by atoms with van der Waals surface area (Å²) >= 11 is 0. The van der Waals surface area contributed by atoms with Crippen LogP contribution in [0.2, 0.25) is 0 Å². The van der Waals surface area contributed by atoms with Crippen LogP contribution in [0.1, 0.15) is 90.1 Å².